The van der Waals surface area contributed by atoms with Crippen LogP contribution in [0.15, 0.2) is 36.4 Å². The smallest absolute Gasteiger partial charge is 0.161 e. The summed E-state index contributed by atoms with van der Waals surface area (Å²) < 4.78 is 10.8. The maximum Gasteiger partial charge on any atom is 0.161 e. The Morgan fingerprint density at radius 2 is 1.82 bits per heavy atom. The van der Waals surface area contributed by atoms with Crippen LogP contribution in [-0.2, 0) is 13.1 Å². The summed E-state index contributed by atoms with van der Waals surface area (Å²) in [4.78, 5) is 4.98. The predicted octanol–water partition coefficient (Wildman–Crippen LogP) is 4.08. The lowest BCUT2D eigenvalue weighted by Crippen LogP contribution is -2.48. The Kier molecular flexibility index (Phi) is 5.87. The highest BCUT2D eigenvalue weighted by molar-refractivity contribution is 7.99. The van der Waals surface area contributed by atoms with E-state index < -0.39 is 0 Å². The van der Waals surface area contributed by atoms with Crippen LogP contribution in [0.5, 0.6) is 17.2 Å². The minimum Gasteiger partial charge on any atom is -0.508 e. The molecule has 2 aromatic rings. The lowest BCUT2D eigenvalue weighted by atomic mass is 10.0. The fourth-order valence-corrected chi connectivity index (χ4v) is 5.29. The van der Waals surface area contributed by atoms with Crippen molar-refractivity contribution in [1.29, 1.82) is 0 Å². The molecule has 1 saturated heterocycles. The average molecular weight is 401 g/mol. The summed E-state index contributed by atoms with van der Waals surface area (Å²) in [6.07, 6.45) is 2.43. The van der Waals surface area contributed by atoms with E-state index in [1.807, 2.05) is 18.2 Å². The highest BCUT2D eigenvalue weighted by Crippen LogP contribution is 2.36. The number of thioether (sulfide) groups is 1. The lowest BCUT2D eigenvalue weighted by Gasteiger charge is -2.44. The topological polar surface area (TPSA) is 45.2 Å². The monoisotopic (exact) mass is 400 g/mol. The molecule has 0 amide bonds. The third-order valence-electron chi connectivity index (χ3n) is 5.60. The quantitative estimate of drug-likeness (QED) is 0.816. The fraction of sp³-hybridized carbons (Fsp3) is 0.455. The number of phenolic OH excluding ortho intramolecular Hbond substituents is 1. The Hall–Kier alpha value is -2.05. The van der Waals surface area contributed by atoms with Crippen LogP contribution in [0.3, 0.4) is 0 Å². The first-order valence-corrected chi connectivity index (χ1v) is 10.9. The normalized spacial score (nSPS) is 18.0. The molecule has 28 heavy (non-hydrogen) atoms. The van der Waals surface area contributed by atoms with Gasteiger partial charge in [0.1, 0.15) is 5.75 Å². The molecule has 1 fully saturated rings. The first-order valence-electron chi connectivity index (χ1n) is 9.77. The Morgan fingerprint density at radius 1 is 1.04 bits per heavy atom. The number of rotatable bonds is 5. The molecule has 0 aromatic heterocycles. The van der Waals surface area contributed by atoms with Gasteiger partial charge < -0.3 is 19.5 Å². The number of ether oxygens (including phenoxy) is 2. The summed E-state index contributed by atoms with van der Waals surface area (Å²) >= 11 is 2.05. The van der Waals surface area contributed by atoms with Crippen LogP contribution in [0, 0.1) is 0 Å². The molecule has 150 valence electrons. The Balaban J connectivity index is 1.58. The second-order valence-electron chi connectivity index (χ2n) is 7.44. The third-order valence-corrected chi connectivity index (χ3v) is 6.65. The summed E-state index contributed by atoms with van der Waals surface area (Å²) in [5.41, 5.74) is 3.67. The van der Waals surface area contributed by atoms with Gasteiger partial charge in [0.2, 0.25) is 0 Å². The van der Waals surface area contributed by atoms with E-state index in [-0.39, 0.29) is 0 Å². The van der Waals surface area contributed by atoms with Gasteiger partial charge in [-0.3, -0.25) is 4.90 Å². The molecule has 0 aliphatic carbocycles. The molecular weight excluding hydrogens is 372 g/mol. The van der Waals surface area contributed by atoms with Crippen molar-refractivity contribution < 1.29 is 14.6 Å². The number of nitrogens with zero attached hydrogens (tertiary/aromatic N) is 2. The molecule has 0 atom stereocenters. The minimum absolute atomic E-state index is 0.339. The molecule has 2 aromatic carbocycles. The molecule has 0 radical (unpaired) electrons. The largest absolute Gasteiger partial charge is 0.508 e. The molecule has 5 nitrogen and oxygen atoms in total. The third kappa shape index (κ3) is 4.03. The number of anilines is 1. The van der Waals surface area contributed by atoms with E-state index in [1.54, 1.807) is 14.2 Å². The van der Waals surface area contributed by atoms with Crippen molar-refractivity contribution in [3.05, 3.63) is 47.5 Å². The van der Waals surface area contributed by atoms with Crippen molar-refractivity contribution in [3.8, 4) is 17.2 Å². The van der Waals surface area contributed by atoms with Crippen LogP contribution in [0.1, 0.15) is 24.0 Å². The van der Waals surface area contributed by atoms with E-state index in [0.717, 1.165) is 31.3 Å². The number of phenols is 1. The van der Waals surface area contributed by atoms with Gasteiger partial charge >= 0.3 is 0 Å². The highest BCUT2D eigenvalue weighted by atomic mass is 32.2. The van der Waals surface area contributed by atoms with Crippen molar-refractivity contribution in [1.82, 2.24) is 4.90 Å². The highest BCUT2D eigenvalue weighted by Gasteiger charge is 2.29. The Labute approximate surface area is 171 Å². The molecular formula is C22H28N2O3S. The number of fused-ring (bicyclic) bond motifs is 1. The van der Waals surface area contributed by atoms with E-state index in [1.165, 1.54) is 41.2 Å². The molecule has 0 unspecified atom stereocenters. The van der Waals surface area contributed by atoms with Gasteiger partial charge in [0.25, 0.3) is 0 Å². The standard InChI is InChI=1S/C22H28N2O3S/c1-26-21-6-3-16(11-22(21)27-2)13-23-14-17-12-19(25)4-5-20(17)24(15-23)18-7-9-28-10-8-18/h3-6,11-12,18,25H,7-10,13-15H2,1-2H3. The molecule has 2 aliphatic heterocycles. The van der Waals surface area contributed by atoms with Crippen LogP contribution in [0.4, 0.5) is 5.69 Å². The molecule has 0 saturated carbocycles. The number of methoxy groups -OCH3 is 2. The lowest BCUT2D eigenvalue weighted by molar-refractivity contribution is 0.231. The Morgan fingerprint density at radius 3 is 2.57 bits per heavy atom. The average Bonchev–Trinajstić information content (AvgIpc) is 2.73. The summed E-state index contributed by atoms with van der Waals surface area (Å²) in [6.45, 7) is 2.56. The zero-order chi connectivity index (χ0) is 19.5. The number of aromatic hydroxyl groups is 1. The van der Waals surface area contributed by atoms with Crippen molar-refractivity contribution in [3.63, 3.8) is 0 Å². The van der Waals surface area contributed by atoms with Gasteiger partial charge in [-0.2, -0.15) is 11.8 Å². The summed E-state index contributed by atoms with van der Waals surface area (Å²) in [7, 11) is 3.33. The van der Waals surface area contributed by atoms with Crippen LogP contribution in [0.2, 0.25) is 0 Å². The van der Waals surface area contributed by atoms with Crippen LogP contribution in [0.25, 0.3) is 0 Å². The molecule has 2 heterocycles. The van der Waals surface area contributed by atoms with Gasteiger partial charge in [0.15, 0.2) is 11.5 Å². The number of hydrogen-bond acceptors (Lipinski definition) is 6. The van der Waals surface area contributed by atoms with E-state index >= 15 is 0 Å². The van der Waals surface area contributed by atoms with Gasteiger partial charge in [-0.1, -0.05) is 6.07 Å². The minimum atomic E-state index is 0.339. The van der Waals surface area contributed by atoms with Crippen LogP contribution >= 0.6 is 11.8 Å². The molecule has 2 aliphatic rings. The van der Waals surface area contributed by atoms with E-state index in [4.69, 9.17) is 9.47 Å². The number of benzene rings is 2. The van der Waals surface area contributed by atoms with Crippen molar-refractivity contribution in [2.75, 3.05) is 37.3 Å². The van der Waals surface area contributed by atoms with E-state index in [2.05, 4.69) is 39.8 Å². The maximum atomic E-state index is 10.0. The van der Waals surface area contributed by atoms with Crippen molar-refractivity contribution in [2.45, 2.75) is 32.0 Å². The van der Waals surface area contributed by atoms with Crippen molar-refractivity contribution in [2.24, 2.45) is 0 Å². The first-order chi connectivity index (χ1) is 13.7. The van der Waals surface area contributed by atoms with E-state index in [0.29, 0.717) is 11.8 Å². The Bertz CT molecular complexity index is 823. The van der Waals surface area contributed by atoms with E-state index in [9.17, 15) is 5.11 Å². The van der Waals surface area contributed by atoms with Gasteiger partial charge in [0, 0.05) is 24.8 Å². The molecule has 1 N–H and O–H groups in total. The molecule has 0 bridgehead atoms. The van der Waals surface area contributed by atoms with Gasteiger partial charge in [-0.25, -0.2) is 0 Å². The second kappa shape index (κ2) is 8.53. The maximum absolute atomic E-state index is 10.0. The summed E-state index contributed by atoms with van der Waals surface area (Å²) in [5, 5.41) is 10.0. The zero-order valence-electron chi connectivity index (χ0n) is 16.6. The first kappa shape index (κ1) is 19.3. The van der Waals surface area contributed by atoms with Gasteiger partial charge in [0.05, 0.1) is 20.9 Å². The summed E-state index contributed by atoms with van der Waals surface area (Å²) in [5.74, 6) is 4.30. The van der Waals surface area contributed by atoms with Crippen molar-refractivity contribution >= 4 is 17.4 Å². The van der Waals surface area contributed by atoms with Gasteiger partial charge in [-0.15, -0.1) is 0 Å². The predicted molar refractivity (Wildman–Crippen MR) is 115 cm³/mol. The fourth-order valence-electron chi connectivity index (χ4n) is 4.21. The molecule has 0 spiro atoms. The van der Waals surface area contributed by atoms with Crippen LogP contribution in [-0.4, -0.2) is 48.4 Å². The zero-order valence-corrected chi connectivity index (χ0v) is 17.4. The SMILES string of the molecule is COc1ccc(CN2Cc3cc(O)ccc3N(C3CCSCC3)C2)cc1OC. The summed E-state index contributed by atoms with van der Waals surface area (Å²) in [6, 6.07) is 12.5. The second-order valence-corrected chi connectivity index (χ2v) is 8.67. The van der Waals surface area contributed by atoms with Crippen LogP contribution < -0.4 is 14.4 Å². The molecule has 4 rings (SSSR count). The number of hydrogen-bond donors (Lipinski definition) is 1. The molecule has 6 heteroatoms. The van der Waals surface area contributed by atoms with Gasteiger partial charge in [-0.05, 0) is 65.8 Å².